The molecule has 2 aromatic heterocycles. The smallest absolute Gasteiger partial charge is 0.274 e. The average molecular weight is 435 g/mol. The largest absolute Gasteiger partial charge is 0.353 e. The second-order valence-corrected chi connectivity index (χ2v) is 8.56. The second kappa shape index (κ2) is 8.33. The van der Waals surface area contributed by atoms with Gasteiger partial charge in [-0.3, -0.25) is 4.79 Å². The molecular formula is C24H27FN6O. The van der Waals surface area contributed by atoms with Crippen molar-refractivity contribution in [2.24, 2.45) is 0 Å². The molecule has 32 heavy (non-hydrogen) atoms. The molecule has 8 heteroatoms. The van der Waals surface area contributed by atoms with E-state index in [1.54, 1.807) is 12.1 Å². The standard InChI is InChI=1S/C24H27FN6O/c1-16-15-22(27-17(2)26-16)29-11-13-30(14-12-29)24(32)23-20-5-3-4-6-21(20)31(28-23)19-9-7-18(25)8-10-19/h7-10,15H,3-6,11-14H2,1-2H3. The molecule has 1 aromatic carbocycles. The number of anilines is 1. The van der Waals surface area contributed by atoms with Crippen LogP contribution in [0.1, 0.15) is 46.1 Å². The Kier molecular flexibility index (Phi) is 5.36. The van der Waals surface area contributed by atoms with Gasteiger partial charge in [0.1, 0.15) is 17.5 Å². The van der Waals surface area contributed by atoms with Gasteiger partial charge >= 0.3 is 0 Å². The highest BCUT2D eigenvalue weighted by atomic mass is 19.1. The summed E-state index contributed by atoms with van der Waals surface area (Å²) < 4.78 is 15.3. The maximum Gasteiger partial charge on any atom is 0.274 e. The van der Waals surface area contributed by atoms with E-state index in [2.05, 4.69) is 14.9 Å². The minimum Gasteiger partial charge on any atom is -0.353 e. The Morgan fingerprint density at radius 3 is 2.41 bits per heavy atom. The second-order valence-electron chi connectivity index (χ2n) is 8.56. The zero-order valence-corrected chi connectivity index (χ0v) is 18.5. The summed E-state index contributed by atoms with van der Waals surface area (Å²) in [5, 5.41) is 4.74. The van der Waals surface area contributed by atoms with E-state index in [4.69, 9.17) is 5.10 Å². The average Bonchev–Trinajstić information content (AvgIpc) is 3.18. The summed E-state index contributed by atoms with van der Waals surface area (Å²) in [6.07, 6.45) is 3.87. The fraction of sp³-hybridized carbons (Fsp3) is 0.417. The van der Waals surface area contributed by atoms with Gasteiger partial charge in [-0.1, -0.05) is 0 Å². The van der Waals surface area contributed by atoms with Crippen molar-refractivity contribution in [1.29, 1.82) is 0 Å². The molecule has 0 radical (unpaired) electrons. The van der Waals surface area contributed by atoms with E-state index >= 15 is 0 Å². The zero-order valence-electron chi connectivity index (χ0n) is 18.5. The molecule has 7 nitrogen and oxygen atoms in total. The lowest BCUT2D eigenvalue weighted by Crippen LogP contribution is -2.49. The number of piperazine rings is 1. The zero-order chi connectivity index (χ0) is 22.2. The Balaban J connectivity index is 1.37. The molecule has 3 aromatic rings. The molecule has 1 aliphatic heterocycles. The third-order valence-electron chi connectivity index (χ3n) is 6.30. The Bertz CT molecular complexity index is 1130. The Morgan fingerprint density at radius 1 is 0.969 bits per heavy atom. The van der Waals surface area contributed by atoms with Crippen LogP contribution in [0.3, 0.4) is 0 Å². The highest BCUT2D eigenvalue weighted by Crippen LogP contribution is 2.28. The van der Waals surface area contributed by atoms with Crippen molar-refractivity contribution in [2.45, 2.75) is 39.5 Å². The molecule has 0 spiro atoms. The number of carbonyl (C=O) groups is 1. The summed E-state index contributed by atoms with van der Waals surface area (Å²) >= 11 is 0. The third kappa shape index (κ3) is 3.85. The van der Waals surface area contributed by atoms with Crippen molar-refractivity contribution in [1.82, 2.24) is 24.6 Å². The quantitative estimate of drug-likeness (QED) is 0.633. The van der Waals surface area contributed by atoms with E-state index in [1.807, 2.05) is 29.5 Å². The van der Waals surface area contributed by atoms with E-state index in [-0.39, 0.29) is 11.7 Å². The number of carbonyl (C=O) groups excluding carboxylic acids is 1. The number of halogens is 1. The minimum absolute atomic E-state index is 0.0151. The first-order valence-corrected chi connectivity index (χ1v) is 11.2. The first-order chi connectivity index (χ1) is 15.5. The summed E-state index contributed by atoms with van der Waals surface area (Å²) in [5.74, 6) is 1.38. The van der Waals surface area contributed by atoms with E-state index in [1.165, 1.54) is 12.1 Å². The van der Waals surface area contributed by atoms with Crippen LogP contribution in [-0.2, 0) is 12.8 Å². The van der Waals surface area contributed by atoms with Crippen molar-refractivity contribution in [3.63, 3.8) is 0 Å². The van der Waals surface area contributed by atoms with Gasteiger partial charge in [-0.05, 0) is 63.8 Å². The van der Waals surface area contributed by atoms with Crippen molar-refractivity contribution in [3.05, 3.63) is 64.6 Å². The highest BCUT2D eigenvalue weighted by Gasteiger charge is 2.30. The van der Waals surface area contributed by atoms with Gasteiger partial charge in [0.15, 0.2) is 5.69 Å². The van der Waals surface area contributed by atoms with Crippen molar-refractivity contribution < 1.29 is 9.18 Å². The molecule has 2 aliphatic rings. The summed E-state index contributed by atoms with van der Waals surface area (Å²) in [6, 6.07) is 8.30. The Labute approximate surface area is 186 Å². The van der Waals surface area contributed by atoms with Gasteiger partial charge < -0.3 is 9.80 Å². The first kappa shape index (κ1) is 20.6. The Morgan fingerprint density at radius 2 is 1.69 bits per heavy atom. The van der Waals surface area contributed by atoms with Gasteiger partial charge in [-0.15, -0.1) is 0 Å². The summed E-state index contributed by atoms with van der Waals surface area (Å²) in [6.45, 7) is 6.57. The number of amides is 1. The molecule has 0 saturated carbocycles. The van der Waals surface area contributed by atoms with Gasteiger partial charge in [0.05, 0.1) is 5.69 Å². The van der Waals surface area contributed by atoms with Crippen molar-refractivity contribution in [2.75, 3.05) is 31.1 Å². The van der Waals surface area contributed by atoms with Gasteiger partial charge in [-0.25, -0.2) is 19.0 Å². The highest BCUT2D eigenvalue weighted by molar-refractivity contribution is 5.94. The van der Waals surface area contributed by atoms with Crippen LogP contribution in [0, 0.1) is 19.7 Å². The maximum atomic E-state index is 13.5. The number of aryl methyl sites for hydroxylation is 2. The van der Waals surface area contributed by atoms with Crippen LogP contribution >= 0.6 is 0 Å². The number of aromatic nitrogens is 4. The van der Waals surface area contributed by atoms with Gasteiger partial charge in [0.2, 0.25) is 0 Å². The molecule has 1 amide bonds. The van der Waals surface area contributed by atoms with E-state index in [9.17, 15) is 9.18 Å². The Hall–Kier alpha value is -3.29. The van der Waals surface area contributed by atoms with Crippen molar-refractivity contribution >= 4 is 11.7 Å². The predicted molar refractivity (Wildman–Crippen MR) is 120 cm³/mol. The summed E-state index contributed by atoms with van der Waals surface area (Å²) in [5.41, 5.74) is 4.42. The fourth-order valence-electron chi connectivity index (χ4n) is 4.71. The lowest BCUT2D eigenvalue weighted by Gasteiger charge is -2.35. The van der Waals surface area contributed by atoms with Crippen LogP contribution in [0.2, 0.25) is 0 Å². The van der Waals surface area contributed by atoms with Crippen LogP contribution in [0.25, 0.3) is 5.69 Å². The lowest BCUT2D eigenvalue weighted by molar-refractivity contribution is 0.0739. The van der Waals surface area contributed by atoms with Crippen LogP contribution in [0.4, 0.5) is 10.2 Å². The fourth-order valence-corrected chi connectivity index (χ4v) is 4.71. The monoisotopic (exact) mass is 434 g/mol. The number of nitrogens with zero attached hydrogens (tertiary/aromatic N) is 6. The molecule has 1 fully saturated rings. The molecule has 0 bridgehead atoms. The predicted octanol–water partition coefficient (Wildman–Crippen LogP) is 3.26. The van der Waals surface area contributed by atoms with Crippen LogP contribution in [-0.4, -0.2) is 56.7 Å². The topological polar surface area (TPSA) is 67.2 Å². The third-order valence-corrected chi connectivity index (χ3v) is 6.30. The molecule has 0 N–H and O–H groups in total. The minimum atomic E-state index is -0.280. The molecular weight excluding hydrogens is 407 g/mol. The van der Waals surface area contributed by atoms with Crippen LogP contribution in [0.15, 0.2) is 30.3 Å². The lowest BCUT2D eigenvalue weighted by atomic mass is 9.95. The van der Waals surface area contributed by atoms with Gasteiger partial charge in [0.25, 0.3) is 5.91 Å². The summed E-state index contributed by atoms with van der Waals surface area (Å²) in [7, 11) is 0. The molecule has 1 saturated heterocycles. The number of rotatable bonds is 3. The SMILES string of the molecule is Cc1cc(N2CCN(C(=O)c3nn(-c4ccc(F)cc4)c4c3CCCC4)CC2)nc(C)n1. The summed E-state index contributed by atoms with van der Waals surface area (Å²) in [4.78, 5) is 26.5. The molecule has 166 valence electrons. The van der Waals surface area contributed by atoms with Crippen molar-refractivity contribution in [3.8, 4) is 5.69 Å². The molecule has 1 aliphatic carbocycles. The number of hydrogen-bond donors (Lipinski definition) is 0. The molecule has 5 rings (SSSR count). The van der Waals surface area contributed by atoms with Crippen LogP contribution in [0.5, 0.6) is 0 Å². The normalized spacial score (nSPS) is 16.2. The number of benzene rings is 1. The number of hydrogen-bond acceptors (Lipinski definition) is 5. The molecule has 3 heterocycles. The van der Waals surface area contributed by atoms with E-state index in [0.717, 1.165) is 73.1 Å². The number of fused-ring (bicyclic) bond motifs is 1. The first-order valence-electron chi connectivity index (χ1n) is 11.2. The molecule has 0 atom stereocenters. The van der Waals surface area contributed by atoms with E-state index < -0.39 is 0 Å². The van der Waals surface area contributed by atoms with Gasteiger partial charge in [-0.2, -0.15) is 5.10 Å². The maximum absolute atomic E-state index is 13.5. The van der Waals surface area contributed by atoms with Crippen LogP contribution < -0.4 is 4.90 Å². The molecule has 0 unspecified atom stereocenters. The van der Waals surface area contributed by atoms with E-state index in [0.29, 0.717) is 18.8 Å². The van der Waals surface area contributed by atoms with Gasteiger partial charge in [0, 0.05) is 49.2 Å².